The van der Waals surface area contributed by atoms with Crippen molar-refractivity contribution in [3.05, 3.63) is 57.5 Å². The maximum Gasteiger partial charge on any atom is 0.0459 e. The zero-order chi connectivity index (χ0) is 13.8. The van der Waals surface area contributed by atoms with E-state index in [0.717, 1.165) is 32.7 Å². The van der Waals surface area contributed by atoms with Crippen molar-refractivity contribution in [3.8, 4) is 11.1 Å². The summed E-state index contributed by atoms with van der Waals surface area (Å²) in [4.78, 5) is 0. The van der Waals surface area contributed by atoms with Crippen molar-refractivity contribution < 1.29 is 0 Å². The standard InChI is InChI=1S/C16H17BrClN/c1-3-19-11(2)13-9-8-12(10-16(13)18)14-6-4-5-7-15(14)17/h4-11,19H,3H2,1-2H3. The molecule has 3 heteroatoms. The second-order valence-electron chi connectivity index (χ2n) is 4.50. The van der Waals surface area contributed by atoms with Crippen LogP contribution in [0.5, 0.6) is 0 Å². The number of hydrogen-bond acceptors (Lipinski definition) is 1. The molecule has 2 aromatic carbocycles. The van der Waals surface area contributed by atoms with Crippen LogP contribution in [0.4, 0.5) is 0 Å². The van der Waals surface area contributed by atoms with Crippen LogP contribution in [0.25, 0.3) is 11.1 Å². The third-order valence-corrected chi connectivity index (χ3v) is 4.18. The number of benzene rings is 2. The molecule has 0 aromatic heterocycles. The van der Waals surface area contributed by atoms with E-state index in [4.69, 9.17) is 11.6 Å². The molecule has 0 aliphatic heterocycles. The lowest BCUT2D eigenvalue weighted by Crippen LogP contribution is -2.17. The van der Waals surface area contributed by atoms with E-state index in [1.807, 2.05) is 24.3 Å². The first-order chi connectivity index (χ1) is 9.13. The monoisotopic (exact) mass is 337 g/mol. The molecule has 0 spiro atoms. The number of nitrogens with one attached hydrogen (secondary N) is 1. The molecule has 2 rings (SSSR count). The molecule has 0 fully saturated rings. The molecule has 0 aliphatic carbocycles. The minimum Gasteiger partial charge on any atom is -0.310 e. The second-order valence-corrected chi connectivity index (χ2v) is 5.76. The highest BCUT2D eigenvalue weighted by Gasteiger charge is 2.10. The molecule has 19 heavy (non-hydrogen) atoms. The van der Waals surface area contributed by atoms with Crippen molar-refractivity contribution in [2.45, 2.75) is 19.9 Å². The van der Waals surface area contributed by atoms with Crippen LogP contribution < -0.4 is 5.32 Å². The summed E-state index contributed by atoms with van der Waals surface area (Å²) in [6.07, 6.45) is 0. The smallest absolute Gasteiger partial charge is 0.0459 e. The van der Waals surface area contributed by atoms with Gasteiger partial charge in [-0.05, 0) is 42.3 Å². The van der Waals surface area contributed by atoms with Gasteiger partial charge in [-0.25, -0.2) is 0 Å². The SMILES string of the molecule is CCNC(C)c1ccc(-c2ccccc2Br)cc1Cl. The molecule has 0 radical (unpaired) electrons. The quantitative estimate of drug-likeness (QED) is 0.782. The Morgan fingerprint density at radius 3 is 2.58 bits per heavy atom. The van der Waals surface area contributed by atoms with E-state index < -0.39 is 0 Å². The molecule has 2 aromatic rings. The van der Waals surface area contributed by atoms with E-state index in [0.29, 0.717) is 0 Å². The van der Waals surface area contributed by atoms with Crippen LogP contribution >= 0.6 is 27.5 Å². The van der Waals surface area contributed by atoms with Gasteiger partial charge in [0.1, 0.15) is 0 Å². The first-order valence-electron chi connectivity index (χ1n) is 6.41. The Morgan fingerprint density at radius 1 is 1.21 bits per heavy atom. The minimum atomic E-state index is 0.269. The Kier molecular flexibility index (Phi) is 5.03. The van der Waals surface area contributed by atoms with Gasteiger partial charge in [0.15, 0.2) is 0 Å². The van der Waals surface area contributed by atoms with Gasteiger partial charge in [-0.15, -0.1) is 0 Å². The van der Waals surface area contributed by atoms with Crippen molar-refractivity contribution in [2.24, 2.45) is 0 Å². The number of halogens is 2. The molecule has 1 N–H and O–H groups in total. The average Bonchev–Trinajstić information content (AvgIpc) is 2.39. The lowest BCUT2D eigenvalue weighted by atomic mass is 10.0. The Hall–Kier alpha value is -0.830. The van der Waals surface area contributed by atoms with E-state index in [-0.39, 0.29) is 6.04 Å². The third-order valence-electron chi connectivity index (χ3n) is 3.16. The highest BCUT2D eigenvalue weighted by Crippen LogP contribution is 2.32. The zero-order valence-electron chi connectivity index (χ0n) is 11.1. The summed E-state index contributed by atoms with van der Waals surface area (Å²) in [5, 5.41) is 4.19. The first-order valence-corrected chi connectivity index (χ1v) is 7.58. The van der Waals surface area contributed by atoms with Gasteiger partial charge in [-0.1, -0.05) is 64.8 Å². The van der Waals surface area contributed by atoms with Crippen LogP contribution in [0, 0.1) is 0 Å². The molecule has 0 aliphatic rings. The van der Waals surface area contributed by atoms with Crippen molar-refractivity contribution in [3.63, 3.8) is 0 Å². The molecular formula is C16H17BrClN. The predicted octanol–water partition coefficient (Wildman–Crippen LogP) is 5.44. The van der Waals surface area contributed by atoms with Crippen LogP contribution in [0.1, 0.15) is 25.5 Å². The van der Waals surface area contributed by atoms with Gasteiger partial charge >= 0.3 is 0 Å². The largest absolute Gasteiger partial charge is 0.310 e. The molecule has 1 nitrogen and oxygen atoms in total. The molecule has 0 saturated carbocycles. The third kappa shape index (κ3) is 3.38. The summed E-state index contributed by atoms with van der Waals surface area (Å²) in [6, 6.07) is 14.7. The fourth-order valence-corrected chi connectivity index (χ4v) is 3.02. The number of hydrogen-bond donors (Lipinski definition) is 1. The minimum absolute atomic E-state index is 0.269. The topological polar surface area (TPSA) is 12.0 Å². The maximum atomic E-state index is 6.41. The van der Waals surface area contributed by atoms with Crippen molar-refractivity contribution >= 4 is 27.5 Å². The van der Waals surface area contributed by atoms with E-state index >= 15 is 0 Å². The summed E-state index contributed by atoms with van der Waals surface area (Å²) in [6.45, 7) is 5.16. The normalized spacial score (nSPS) is 12.4. The van der Waals surface area contributed by atoms with Crippen LogP contribution in [0.15, 0.2) is 46.9 Å². The highest BCUT2D eigenvalue weighted by atomic mass is 79.9. The summed E-state index contributed by atoms with van der Waals surface area (Å²) < 4.78 is 1.08. The van der Waals surface area contributed by atoms with E-state index in [1.54, 1.807) is 0 Å². The first kappa shape index (κ1) is 14.6. The van der Waals surface area contributed by atoms with Crippen LogP contribution in [0.2, 0.25) is 5.02 Å². The molecule has 0 bridgehead atoms. The number of rotatable bonds is 4. The lowest BCUT2D eigenvalue weighted by Gasteiger charge is -2.15. The Morgan fingerprint density at radius 2 is 1.95 bits per heavy atom. The van der Waals surface area contributed by atoms with Crippen LogP contribution in [-0.2, 0) is 0 Å². The Balaban J connectivity index is 2.37. The summed E-state index contributed by atoms with van der Waals surface area (Å²) >= 11 is 9.98. The van der Waals surface area contributed by atoms with Gasteiger partial charge in [0.05, 0.1) is 0 Å². The van der Waals surface area contributed by atoms with Gasteiger partial charge in [0.2, 0.25) is 0 Å². The summed E-state index contributed by atoms with van der Waals surface area (Å²) in [7, 11) is 0. The molecule has 100 valence electrons. The predicted molar refractivity (Wildman–Crippen MR) is 86.7 cm³/mol. The lowest BCUT2D eigenvalue weighted by molar-refractivity contribution is 0.598. The zero-order valence-corrected chi connectivity index (χ0v) is 13.4. The fraction of sp³-hybridized carbons (Fsp3) is 0.250. The molecular weight excluding hydrogens is 322 g/mol. The maximum absolute atomic E-state index is 6.41. The van der Waals surface area contributed by atoms with Crippen LogP contribution in [0.3, 0.4) is 0 Å². The molecule has 1 atom stereocenters. The second kappa shape index (κ2) is 6.56. The Labute approximate surface area is 128 Å². The molecule has 0 amide bonds. The van der Waals surface area contributed by atoms with Gasteiger partial charge in [-0.2, -0.15) is 0 Å². The van der Waals surface area contributed by atoms with Crippen molar-refractivity contribution in [1.82, 2.24) is 5.32 Å². The van der Waals surface area contributed by atoms with Crippen LogP contribution in [-0.4, -0.2) is 6.54 Å². The summed E-state index contributed by atoms with van der Waals surface area (Å²) in [5.74, 6) is 0. The molecule has 0 saturated heterocycles. The van der Waals surface area contributed by atoms with Gasteiger partial charge in [-0.3, -0.25) is 0 Å². The van der Waals surface area contributed by atoms with E-state index in [1.165, 1.54) is 0 Å². The fourth-order valence-electron chi connectivity index (χ4n) is 2.16. The summed E-state index contributed by atoms with van der Waals surface area (Å²) in [5.41, 5.74) is 3.43. The molecule has 1 unspecified atom stereocenters. The highest BCUT2D eigenvalue weighted by molar-refractivity contribution is 9.10. The Bertz CT molecular complexity index is 568. The average molecular weight is 339 g/mol. The van der Waals surface area contributed by atoms with Gasteiger partial charge < -0.3 is 5.32 Å². The van der Waals surface area contributed by atoms with E-state index in [2.05, 4.69) is 53.3 Å². The van der Waals surface area contributed by atoms with Crippen molar-refractivity contribution in [2.75, 3.05) is 6.54 Å². The van der Waals surface area contributed by atoms with Gasteiger partial charge in [0.25, 0.3) is 0 Å². The van der Waals surface area contributed by atoms with Gasteiger partial charge in [0, 0.05) is 15.5 Å². The van der Waals surface area contributed by atoms with E-state index in [9.17, 15) is 0 Å². The van der Waals surface area contributed by atoms with Crippen molar-refractivity contribution in [1.29, 1.82) is 0 Å². The molecule has 0 heterocycles.